The van der Waals surface area contributed by atoms with E-state index in [2.05, 4.69) is 41.4 Å². The van der Waals surface area contributed by atoms with Crippen LogP contribution in [0.5, 0.6) is 5.75 Å². The van der Waals surface area contributed by atoms with Crippen LogP contribution in [0.2, 0.25) is 5.02 Å². The van der Waals surface area contributed by atoms with Gasteiger partial charge in [0.25, 0.3) is 5.91 Å². The lowest BCUT2D eigenvalue weighted by atomic mass is 10.0. The molecule has 0 fully saturated rings. The predicted octanol–water partition coefficient (Wildman–Crippen LogP) is 2.57. The van der Waals surface area contributed by atoms with E-state index >= 15 is 0 Å². The molecule has 6 rings (SSSR count). The largest absolute Gasteiger partial charge is 0.492 e. The smallest absolute Gasteiger partial charge is 0.252 e. The van der Waals surface area contributed by atoms with Gasteiger partial charge in [-0.15, -0.1) is 5.10 Å². The highest BCUT2D eigenvalue weighted by atomic mass is 35.5. The lowest BCUT2D eigenvalue weighted by Crippen LogP contribution is -2.57. The van der Waals surface area contributed by atoms with E-state index in [1.54, 1.807) is 16.9 Å². The van der Waals surface area contributed by atoms with Gasteiger partial charge in [0.2, 0.25) is 11.8 Å². The van der Waals surface area contributed by atoms with Crippen LogP contribution in [0.1, 0.15) is 55.4 Å². The van der Waals surface area contributed by atoms with Gasteiger partial charge in [0, 0.05) is 57.0 Å². The summed E-state index contributed by atoms with van der Waals surface area (Å²) in [6.45, 7) is 8.05. The van der Waals surface area contributed by atoms with Gasteiger partial charge in [-0.2, -0.15) is 5.10 Å². The number of aromatic nitrogens is 5. The van der Waals surface area contributed by atoms with Crippen molar-refractivity contribution >= 4 is 29.3 Å². The highest BCUT2D eigenvalue weighted by Crippen LogP contribution is 2.26. The van der Waals surface area contributed by atoms with Crippen LogP contribution in [0.3, 0.4) is 0 Å². The van der Waals surface area contributed by atoms with Gasteiger partial charge in [-0.05, 0) is 55.7 Å². The fourth-order valence-electron chi connectivity index (χ4n) is 5.55. The molecule has 0 saturated heterocycles. The Labute approximate surface area is 295 Å². The Balaban J connectivity index is 1.35. The minimum absolute atomic E-state index is 0.0632. The third-order valence-corrected chi connectivity index (χ3v) is 8.47. The van der Waals surface area contributed by atoms with Crippen molar-refractivity contribution in [2.45, 2.75) is 71.3 Å². The SMILES string of the molecule is CC(C)C[C@H]1NC(=O)[C@H]([C@@H](C)O)NC(=O)c2ccc(c(Cl)c2)OCCCn2cc(nn2)CCN(Cc2ccc(-c3ccn[nH]3)o2)CCNC1=O. The Hall–Kier alpha value is -4.73. The number of amides is 3. The Bertz CT molecular complexity index is 1720. The molecule has 0 saturated carbocycles. The van der Waals surface area contributed by atoms with Crippen LogP contribution in [-0.4, -0.2) is 97.3 Å². The van der Waals surface area contributed by atoms with Crippen molar-refractivity contribution in [3.05, 3.63) is 70.8 Å². The van der Waals surface area contributed by atoms with E-state index in [1.807, 2.05) is 38.2 Å². The van der Waals surface area contributed by atoms with Gasteiger partial charge >= 0.3 is 0 Å². The first-order chi connectivity index (χ1) is 24.0. The molecule has 3 aromatic heterocycles. The first kappa shape index (κ1) is 36.5. The lowest BCUT2D eigenvalue weighted by molar-refractivity contribution is -0.131. The molecule has 5 N–H and O–H groups in total. The monoisotopic (exact) mass is 709 g/mol. The van der Waals surface area contributed by atoms with E-state index in [0.29, 0.717) is 63.6 Å². The number of hydrogen-bond donors (Lipinski definition) is 5. The molecule has 1 aromatic carbocycles. The number of hydrogen-bond acceptors (Lipinski definition) is 10. The molecule has 50 heavy (non-hydrogen) atoms. The predicted molar refractivity (Wildman–Crippen MR) is 184 cm³/mol. The number of H-pyrrole nitrogens is 1. The van der Waals surface area contributed by atoms with Crippen LogP contribution in [0, 0.1) is 5.92 Å². The van der Waals surface area contributed by atoms with Crippen molar-refractivity contribution in [1.29, 1.82) is 0 Å². The number of aryl methyl sites for hydroxylation is 1. The zero-order chi connectivity index (χ0) is 35.6. The number of aliphatic hydroxyl groups excluding tert-OH is 1. The maximum Gasteiger partial charge on any atom is 0.252 e. The number of furan rings is 1. The fourth-order valence-corrected chi connectivity index (χ4v) is 5.78. The number of carbonyl (C=O) groups is 3. The first-order valence-corrected chi connectivity index (χ1v) is 17.1. The summed E-state index contributed by atoms with van der Waals surface area (Å²) in [6, 6.07) is 7.94. The number of nitrogens with zero attached hydrogens (tertiary/aromatic N) is 5. The number of carbonyl (C=O) groups excluding carboxylic acids is 3. The number of halogens is 1. The van der Waals surface area contributed by atoms with E-state index < -0.39 is 30.0 Å². The van der Waals surface area contributed by atoms with Crippen LogP contribution in [0.15, 0.2) is 53.2 Å². The van der Waals surface area contributed by atoms with Gasteiger partial charge < -0.3 is 30.2 Å². The normalized spacial score (nSPS) is 19.7. The van der Waals surface area contributed by atoms with E-state index in [0.717, 1.165) is 17.1 Å². The maximum absolute atomic E-state index is 13.5. The van der Waals surface area contributed by atoms with Gasteiger partial charge in [-0.25, -0.2) is 0 Å². The summed E-state index contributed by atoms with van der Waals surface area (Å²) in [4.78, 5) is 42.2. The number of benzene rings is 1. The second kappa shape index (κ2) is 17.3. The van der Waals surface area contributed by atoms with E-state index in [9.17, 15) is 19.5 Å². The summed E-state index contributed by atoms with van der Waals surface area (Å²) in [5.74, 6) is 0.197. The van der Waals surface area contributed by atoms with Crippen molar-refractivity contribution in [2.24, 2.45) is 5.92 Å². The number of ether oxygens (including phenoxy) is 1. The number of nitrogens with one attached hydrogen (secondary N) is 4. The number of fused-ring (bicyclic) bond motifs is 17. The van der Waals surface area contributed by atoms with Crippen LogP contribution in [0.4, 0.5) is 0 Å². The molecule has 0 radical (unpaired) electrons. The molecule has 5 heterocycles. The Morgan fingerprint density at radius 1 is 1.04 bits per heavy atom. The minimum atomic E-state index is -1.32. The van der Waals surface area contributed by atoms with Crippen LogP contribution in [0.25, 0.3) is 11.5 Å². The van der Waals surface area contributed by atoms with Gasteiger partial charge in [0.15, 0.2) is 5.76 Å². The van der Waals surface area contributed by atoms with Crippen molar-refractivity contribution < 1.29 is 28.6 Å². The third kappa shape index (κ3) is 10.2. The zero-order valence-electron chi connectivity index (χ0n) is 28.4. The Morgan fingerprint density at radius 3 is 2.62 bits per heavy atom. The van der Waals surface area contributed by atoms with E-state index in [4.69, 9.17) is 20.8 Å². The standard InChI is InChI=1S/C34H44ClN9O6/c1-21(2)17-28-33(47)36-12-15-43(20-25-6-8-30(50-25)27-9-11-37-41-27)14-10-24-19-44(42-40-24)13-4-16-49-29-7-5-23(18-26(29)35)32(46)39-31(22(3)45)34(48)38-28/h5-9,11,18-19,21-22,28,31,45H,4,10,12-17,20H2,1-3H3,(H,36,47)(H,37,41)(H,38,48)(H,39,46)/t22-,28-,31+/m1/s1. The molecule has 4 bridgehead atoms. The highest BCUT2D eigenvalue weighted by Gasteiger charge is 2.31. The van der Waals surface area contributed by atoms with E-state index in [1.165, 1.54) is 19.1 Å². The summed E-state index contributed by atoms with van der Waals surface area (Å²) < 4.78 is 13.7. The second-order valence-electron chi connectivity index (χ2n) is 12.8. The summed E-state index contributed by atoms with van der Waals surface area (Å²) in [6.07, 6.45) is 3.90. The molecule has 268 valence electrons. The van der Waals surface area contributed by atoms with Gasteiger partial charge in [0.1, 0.15) is 29.3 Å². The second-order valence-corrected chi connectivity index (χ2v) is 13.2. The molecule has 15 nitrogen and oxygen atoms in total. The number of aliphatic hydroxyl groups is 1. The summed E-state index contributed by atoms with van der Waals surface area (Å²) in [5.41, 5.74) is 1.76. The number of rotatable bonds is 6. The molecule has 4 aromatic rings. The van der Waals surface area contributed by atoms with Crippen LogP contribution in [-0.2, 0) is 29.1 Å². The summed E-state index contributed by atoms with van der Waals surface area (Å²) in [5, 5.41) is 34.5. The molecule has 2 aliphatic rings. The van der Waals surface area contributed by atoms with Gasteiger partial charge in [-0.1, -0.05) is 30.7 Å². The third-order valence-electron chi connectivity index (χ3n) is 8.18. The van der Waals surface area contributed by atoms with Crippen molar-refractivity contribution in [3.63, 3.8) is 0 Å². The van der Waals surface area contributed by atoms with Gasteiger partial charge in [-0.3, -0.25) is 29.1 Å². The lowest BCUT2D eigenvalue weighted by Gasteiger charge is -2.26. The van der Waals surface area contributed by atoms with Crippen molar-refractivity contribution in [3.8, 4) is 17.2 Å². The Kier molecular flexibility index (Phi) is 12.6. The fraction of sp³-hybridized carbons (Fsp3) is 0.471. The molecular weight excluding hydrogens is 666 g/mol. The highest BCUT2D eigenvalue weighted by molar-refractivity contribution is 6.32. The molecule has 0 spiro atoms. The van der Waals surface area contributed by atoms with Gasteiger partial charge in [0.05, 0.1) is 30.0 Å². The first-order valence-electron chi connectivity index (χ1n) is 16.7. The maximum atomic E-state index is 13.5. The zero-order valence-corrected chi connectivity index (χ0v) is 29.2. The van der Waals surface area contributed by atoms with Crippen molar-refractivity contribution in [1.82, 2.24) is 46.0 Å². The average Bonchev–Trinajstić information content (AvgIpc) is 3.86. The molecular formula is C34H44ClN9O6. The topological polar surface area (TPSA) is 193 Å². The van der Waals surface area contributed by atoms with E-state index in [-0.39, 0.29) is 29.0 Å². The molecule has 0 aliphatic carbocycles. The molecule has 0 unspecified atom stereocenters. The quantitative estimate of drug-likeness (QED) is 0.186. The van der Waals surface area contributed by atoms with Crippen molar-refractivity contribution in [2.75, 3.05) is 26.2 Å². The van der Waals surface area contributed by atoms with Crippen LogP contribution >= 0.6 is 11.6 Å². The average molecular weight is 710 g/mol. The summed E-state index contributed by atoms with van der Waals surface area (Å²) in [7, 11) is 0. The molecule has 2 aliphatic heterocycles. The van der Waals surface area contributed by atoms with Crippen LogP contribution < -0.4 is 20.7 Å². The minimum Gasteiger partial charge on any atom is -0.492 e. The number of aromatic amines is 1. The molecule has 3 amide bonds. The molecule has 3 atom stereocenters. The Morgan fingerprint density at radius 2 is 1.88 bits per heavy atom. The molecule has 16 heteroatoms. The summed E-state index contributed by atoms with van der Waals surface area (Å²) >= 11 is 6.42.